The molecule has 0 saturated carbocycles. The van der Waals surface area contributed by atoms with Crippen molar-refractivity contribution in [1.82, 2.24) is 10.2 Å². The Morgan fingerprint density at radius 1 is 1.73 bits per heavy atom. The largest absolute Gasteiger partial charge is 0.357 e. The van der Waals surface area contributed by atoms with Crippen LogP contribution in [0.4, 0.5) is 0 Å². The van der Waals surface area contributed by atoms with Crippen molar-refractivity contribution >= 4 is 5.91 Å². The maximum atomic E-state index is 11.1. The third-order valence-corrected chi connectivity index (χ3v) is 1.56. The molecule has 3 nitrogen and oxygen atoms in total. The number of nitrogens with one attached hydrogen (secondary N) is 1. The van der Waals surface area contributed by atoms with Gasteiger partial charge in [-0.2, -0.15) is 0 Å². The summed E-state index contributed by atoms with van der Waals surface area (Å²) in [5.41, 5.74) is 0.803. The maximum Gasteiger partial charge on any atom is 0.248 e. The van der Waals surface area contributed by atoms with Crippen LogP contribution in [0.2, 0.25) is 0 Å². The van der Waals surface area contributed by atoms with E-state index >= 15 is 0 Å². The summed E-state index contributed by atoms with van der Waals surface area (Å²) in [6, 6.07) is 0. The van der Waals surface area contributed by atoms with Crippen molar-refractivity contribution in [1.29, 1.82) is 0 Å². The van der Waals surface area contributed by atoms with Crippen LogP contribution in [0, 0.1) is 0 Å². The summed E-state index contributed by atoms with van der Waals surface area (Å²) < 4.78 is 0. The van der Waals surface area contributed by atoms with Crippen molar-refractivity contribution in [3.05, 3.63) is 24.0 Å². The van der Waals surface area contributed by atoms with Crippen molar-refractivity contribution in [3.63, 3.8) is 0 Å². The van der Waals surface area contributed by atoms with Gasteiger partial charge in [-0.15, -0.1) is 0 Å². The number of nitrogens with zero attached hydrogens (tertiary/aromatic N) is 1. The minimum Gasteiger partial charge on any atom is -0.357 e. The standard InChI is InChI=1S/C8H12N2O/c1-9-8(11)7-4-3-5-10(2)6-7/h3,5-6H,4H2,1-2H3,(H,9,11). The van der Waals surface area contributed by atoms with Gasteiger partial charge in [0.15, 0.2) is 0 Å². The van der Waals surface area contributed by atoms with E-state index in [2.05, 4.69) is 5.32 Å². The molecule has 1 N–H and O–H groups in total. The lowest BCUT2D eigenvalue weighted by atomic mass is 10.1. The Bertz CT molecular complexity index is 218. The predicted molar refractivity (Wildman–Crippen MR) is 43.7 cm³/mol. The predicted octanol–water partition coefficient (Wildman–Crippen LogP) is 0.465. The molecule has 1 aliphatic rings. The highest BCUT2D eigenvalue weighted by Crippen LogP contribution is 2.09. The molecule has 0 spiro atoms. The molecule has 3 heteroatoms. The van der Waals surface area contributed by atoms with Crippen molar-refractivity contribution in [3.8, 4) is 0 Å². The van der Waals surface area contributed by atoms with E-state index in [1.165, 1.54) is 0 Å². The van der Waals surface area contributed by atoms with Gasteiger partial charge >= 0.3 is 0 Å². The molecule has 0 unspecified atom stereocenters. The lowest BCUT2D eigenvalue weighted by Gasteiger charge is -2.15. The summed E-state index contributed by atoms with van der Waals surface area (Å²) >= 11 is 0. The van der Waals surface area contributed by atoms with Gasteiger partial charge in [0.1, 0.15) is 0 Å². The van der Waals surface area contributed by atoms with Gasteiger partial charge in [-0.05, 0) is 12.6 Å². The monoisotopic (exact) mass is 152 g/mol. The fourth-order valence-corrected chi connectivity index (χ4v) is 0.999. The molecule has 1 amide bonds. The molecule has 1 aliphatic heterocycles. The molecule has 0 aliphatic carbocycles. The molecule has 0 aromatic rings. The first-order valence-electron chi connectivity index (χ1n) is 3.55. The first-order valence-corrected chi connectivity index (χ1v) is 3.55. The van der Waals surface area contributed by atoms with Crippen molar-refractivity contribution in [2.45, 2.75) is 6.42 Å². The summed E-state index contributed by atoms with van der Waals surface area (Å²) in [6.45, 7) is 0. The molecule has 11 heavy (non-hydrogen) atoms. The Hall–Kier alpha value is -1.25. The number of hydrogen-bond donors (Lipinski definition) is 1. The molecule has 0 atom stereocenters. The average Bonchev–Trinajstić information content (AvgIpc) is 2.03. The van der Waals surface area contributed by atoms with Crippen LogP contribution in [0.5, 0.6) is 0 Å². The molecule has 1 rings (SSSR count). The van der Waals surface area contributed by atoms with Crippen LogP contribution in [0.15, 0.2) is 24.0 Å². The van der Waals surface area contributed by atoms with E-state index in [0.29, 0.717) is 0 Å². The zero-order valence-corrected chi connectivity index (χ0v) is 6.79. The van der Waals surface area contributed by atoms with Gasteiger partial charge in [-0.1, -0.05) is 6.08 Å². The fraction of sp³-hybridized carbons (Fsp3) is 0.375. The molecular formula is C8H12N2O. The zero-order valence-electron chi connectivity index (χ0n) is 6.79. The minimum atomic E-state index is 0.00111. The third-order valence-electron chi connectivity index (χ3n) is 1.56. The second-order valence-electron chi connectivity index (χ2n) is 2.49. The number of carbonyl (C=O) groups is 1. The molecule has 0 radical (unpaired) electrons. The van der Waals surface area contributed by atoms with Crippen molar-refractivity contribution < 1.29 is 4.79 Å². The number of amides is 1. The van der Waals surface area contributed by atoms with Gasteiger partial charge in [-0.3, -0.25) is 4.79 Å². The Morgan fingerprint density at radius 3 is 3.00 bits per heavy atom. The molecule has 0 saturated heterocycles. The van der Waals surface area contributed by atoms with Crippen LogP contribution >= 0.6 is 0 Å². The van der Waals surface area contributed by atoms with Crippen LogP contribution < -0.4 is 5.32 Å². The number of allylic oxidation sites excluding steroid dienone is 1. The van der Waals surface area contributed by atoms with Gasteiger partial charge < -0.3 is 10.2 Å². The second kappa shape index (κ2) is 3.23. The normalized spacial score (nSPS) is 16.2. The van der Waals surface area contributed by atoms with Crippen molar-refractivity contribution in [2.24, 2.45) is 0 Å². The highest BCUT2D eigenvalue weighted by molar-refractivity contribution is 5.93. The van der Waals surface area contributed by atoms with Gasteiger partial charge in [0, 0.05) is 25.9 Å². The molecule has 0 bridgehead atoms. The smallest absolute Gasteiger partial charge is 0.248 e. The topological polar surface area (TPSA) is 32.3 Å². The Morgan fingerprint density at radius 2 is 2.45 bits per heavy atom. The summed E-state index contributed by atoms with van der Waals surface area (Å²) in [7, 11) is 3.54. The SMILES string of the molecule is CNC(=O)C1=CN(C)C=CC1. The third kappa shape index (κ3) is 1.83. The molecular weight excluding hydrogens is 140 g/mol. The first-order chi connectivity index (χ1) is 5.24. The highest BCUT2D eigenvalue weighted by atomic mass is 16.1. The van der Waals surface area contributed by atoms with Crippen LogP contribution in [-0.4, -0.2) is 24.9 Å². The Labute approximate surface area is 66.4 Å². The zero-order chi connectivity index (χ0) is 8.27. The van der Waals surface area contributed by atoms with Gasteiger partial charge in [0.25, 0.3) is 0 Å². The molecule has 0 aromatic heterocycles. The van der Waals surface area contributed by atoms with Crippen molar-refractivity contribution in [2.75, 3.05) is 14.1 Å². The van der Waals surface area contributed by atoms with E-state index < -0.39 is 0 Å². The summed E-state index contributed by atoms with van der Waals surface area (Å²) in [5.74, 6) is 0.00111. The minimum absolute atomic E-state index is 0.00111. The second-order valence-corrected chi connectivity index (χ2v) is 2.49. The average molecular weight is 152 g/mol. The first kappa shape index (κ1) is 7.85. The highest BCUT2D eigenvalue weighted by Gasteiger charge is 2.08. The van der Waals surface area contributed by atoms with E-state index in [-0.39, 0.29) is 5.91 Å². The van der Waals surface area contributed by atoms with E-state index in [9.17, 15) is 4.79 Å². The Kier molecular flexibility index (Phi) is 2.31. The number of hydrogen-bond acceptors (Lipinski definition) is 2. The van der Waals surface area contributed by atoms with Gasteiger partial charge in [0.2, 0.25) is 5.91 Å². The van der Waals surface area contributed by atoms with Gasteiger partial charge in [0.05, 0.1) is 0 Å². The van der Waals surface area contributed by atoms with E-state index in [1.54, 1.807) is 7.05 Å². The number of carbonyl (C=O) groups excluding carboxylic acids is 1. The molecule has 1 heterocycles. The summed E-state index contributed by atoms with van der Waals surface area (Å²) in [5, 5.41) is 2.59. The molecule has 60 valence electrons. The number of likely N-dealkylation sites (N-methyl/N-ethyl adjacent to an activating group) is 1. The lowest BCUT2D eigenvalue weighted by molar-refractivity contribution is -0.117. The van der Waals surface area contributed by atoms with Crippen LogP contribution in [-0.2, 0) is 4.79 Å². The molecule has 0 fully saturated rings. The van der Waals surface area contributed by atoms with Gasteiger partial charge in [-0.25, -0.2) is 0 Å². The van der Waals surface area contributed by atoms with E-state index in [1.807, 2.05) is 30.4 Å². The summed E-state index contributed by atoms with van der Waals surface area (Å²) in [6.07, 6.45) is 6.46. The van der Waals surface area contributed by atoms with E-state index in [0.717, 1.165) is 12.0 Å². The summed E-state index contributed by atoms with van der Waals surface area (Å²) in [4.78, 5) is 12.9. The maximum absolute atomic E-state index is 11.1. The van der Waals surface area contributed by atoms with Crippen LogP contribution in [0.25, 0.3) is 0 Å². The van der Waals surface area contributed by atoms with Crippen LogP contribution in [0.1, 0.15) is 6.42 Å². The van der Waals surface area contributed by atoms with E-state index in [4.69, 9.17) is 0 Å². The fourth-order valence-electron chi connectivity index (χ4n) is 0.999. The quantitative estimate of drug-likeness (QED) is 0.592. The molecule has 0 aromatic carbocycles. The number of rotatable bonds is 1. The Balaban J connectivity index is 2.66. The van der Waals surface area contributed by atoms with Crippen LogP contribution in [0.3, 0.4) is 0 Å². The lowest BCUT2D eigenvalue weighted by Crippen LogP contribution is -2.22.